The maximum absolute atomic E-state index is 5.90. The van der Waals surface area contributed by atoms with Gasteiger partial charge in [-0.2, -0.15) is 0 Å². The van der Waals surface area contributed by atoms with E-state index in [1.807, 2.05) is 0 Å². The average Bonchev–Trinajstić information content (AvgIpc) is 2.66. The Hall–Kier alpha value is 0.0600. The summed E-state index contributed by atoms with van der Waals surface area (Å²) < 4.78 is 6.70. The van der Waals surface area contributed by atoms with Crippen molar-refractivity contribution in [2.45, 2.75) is 19.1 Å². The van der Waals surface area contributed by atoms with Gasteiger partial charge in [0.05, 0.1) is 18.8 Å². The van der Waals surface area contributed by atoms with Gasteiger partial charge in [-0.25, -0.2) is 0 Å². The molecule has 2 heterocycles. The predicted molar refractivity (Wildman–Crippen MR) is 70.8 cm³/mol. The Bertz CT molecular complexity index is 344. The van der Waals surface area contributed by atoms with Gasteiger partial charge in [0.1, 0.15) is 0 Å². The number of ether oxygens (including phenoxy) is 1. The molecule has 90 valence electrons. The molecule has 0 saturated carbocycles. The lowest BCUT2D eigenvalue weighted by Crippen LogP contribution is -2.44. The summed E-state index contributed by atoms with van der Waals surface area (Å²) in [5.74, 6) is 0. The van der Waals surface area contributed by atoms with Crippen LogP contribution in [0.4, 0.5) is 0 Å². The molecule has 0 radical (unpaired) electrons. The zero-order valence-electron chi connectivity index (χ0n) is 9.36. The summed E-state index contributed by atoms with van der Waals surface area (Å²) in [6.07, 6.45) is 0.311. The summed E-state index contributed by atoms with van der Waals surface area (Å²) in [7, 11) is 0. The number of rotatable bonds is 3. The van der Waals surface area contributed by atoms with Gasteiger partial charge in [-0.3, -0.25) is 4.90 Å². The van der Waals surface area contributed by atoms with E-state index in [1.165, 1.54) is 4.88 Å². The average molecular weight is 305 g/mol. The summed E-state index contributed by atoms with van der Waals surface area (Å²) in [5.41, 5.74) is 5.90. The minimum absolute atomic E-state index is 0.311. The number of halogens is 1. The van der Waals surface area contributed by atoms with Gasteiger partial charge < -0.3 is 10.5 Å². The molecule has 0 aliphatic carbocycles. The number of nitrogens with zero attached hydrogens (tertiary/aromatic N) is 1. The quantitative estimate of drug-likeness (QED) is 0.931. The number of nitrogens with two attached hydrogens (primary N) is 1. The first kappa shape index (κ1) is 12.5. The lowest BCUT2D eigenvalue weighted by molar-refractivity contribution is -0.0328. The number of hydrogen-bond donors (Lipinski definition) is 1. The van der Waals surface area contributed by atoms with E-state index < -0.39 is 0 Å². The number of hydrogen-bond acceptors (Lipinski definition) is 4. The van der Waals surface area contributed by atoms with Crippen LogP contribution in [-0.4, -0.2) is 37.2 Å². The third-order valence-electron chi connectivity index (χ3n) is 2.85. The first-order valence-corrected chi connectivity index (χ1v) is 7.17. The zero-order chi connectivity index (χ0) is 11.5. The Kier molecular flexibility index (Phi) is 4.38. The van der Waals surface area contributed by atoms with E-state index >= 15 is 0 Å². The van der Waals surface area contributed by atoms with E-state index in [2.05, 4.69) is 39.2 Å². The molecular weight excluding hydrogens is 288 g/mol. The van der Waals surface area contributed by atoms with E-state index in [0.29, 0.717) is 18.7 Å². The summed E-state index contributed by atoms with van der Waals surface area (Å²) in [4.78, 5) is 3.76. The van der Waals surface area contributed by atoms with E-state index in [1.54, 1.807) is 11.3 Å². The van der Waals surface area contributed by atoms with E-state index in [-0.39, 0.29) is 0 Å². The molecule has 5 heteroatoms. The number of thiophene rings is 1. The fourth-order valence-electron chi connectivity index (χ4n) is 2.08. The summed E-state index contributed by atoms with van der Waals surface area (Å²) in [6.45, 7) is 5.53. The Balaban J connectivity index is 2.09. The van der Waals surface area contributed by atoms with Crippen LogP contribution in [0.15, 0.2) is 15.9 Å². The van der Waals surface area contributed by atoms with Crippen molar-refractivity contribution in [2.24, 2.45) is 5.73 Å². The molecule has 1 fully saturated rings. The third kappa shape index (κ3) is 2.84. The monoisotopic (exact) mass is 304 g/mol. The van der Waals surface area contributed by atoms with Crippen LogP contribution in [0.1, 0.15) is 17.8 Å². The van der Waals surface area contributed by atoms with Gasteiger partial charge in [0, 0.05) is 34.4 Å². The van der Waals surface area contributed by atoms with Crippen molar-refractivity contribution >= 4 is 27.3 Å². The van der Waals surface area contributed by atoms with Gasteiger partial charge in [-0.15, -0.1) is 11.3 Å². The summed E-state index contributed by atoms with van der Waals surface area (Å²) in [5, 5.41) is 2.11. The normalized spacial score (nSPS) is 24.6. The first-order valence-electron chi connectivity index (χ1n) is 5.50. The first-order chi connectivity index (χ1) is 7.70. The van der Waals surface area contributed by atoms with Gasteiger partial charge in [0.25, 0.3) is 0 Å². The Morgan fingerprint density at radius 2 is 2.56 bits per heavy atom. The fraction of sp³-hybridized carbons (Fsp3) is 0.636. The van der Waals surface area contributed by atoms with Gasteiger partial charge in [-0.05, 0) is 28.9 Å². The van der Waals surface area contributed by atoms with Gasteiger partial charge >= 0.3 is 0 Å². The molecule has 16 heavy (non-hydrogen) atoms. The SMILES string of the molecule is CC1CN(C(CN)c2cc(Br)cs2)CCO1. The van der Waals surface area contributed by atoms with Crippen LogP contribution < -0.4 is 5.73 Å². The fourth-order valence-corrected chi connectivity index (χ4v) is 3.67. The molecule has 0 bridgehead atoms. The second-order valence-corrected chi connectivity index (χ2v) is 5.95. The van der Waals surface area contributed by atoms with Gasteiger partial charge in [0.15, 0.2) is 0 Å². The van der Waals surface area contributed by atoms with Crippen LogP contribution in [0.25, 0.3) is 0 Å². The molecule has 2 unspecified atom stereocenters. The smallest absolute Gasteiger partial charge is 0.0674 e. The molecule has 0 aromatic carbocycles. The maximum Gasteiger partial charge on any atom is 0.0674 e. The van der Waals surface area contributed by atoms with Crippen molar-refractivity contribution in [1.29, 1.82) is 0 Å². The molecule has 1 aliphatic rings. The highest BCUT2D eigenvalue weighted by Gasteiger charge is 2.25. The minimum Gasteiger partial charge on any atom is -0.376 e. The summed E-state index contributed by atoms with van der Waals surface area (Å²) >= 11 is 5.26. The van der Waals surface area contributed by atoms with Crippen molar-refractivity contribution in [3.63, 3.8) is 0 Å². The van der Waals surface area contributed by atoms with Crippen LogP contribution in [0.3, 0.4) is 0 Å². The topological polar surface area (TPSA) is 38.5 Å². The molecule has 1 saturated heterocycles. The second kappa shape index (κ2) is 5.60. The van der Waals surface area contributed by atoms with Crippen molar-refractivity contribution in [3.05, 3.63) is 20.8 Å². The third-order valence-corrected chi connectivity index (χ3v) is 4.65. The molecule has 1 aromatic heterocycles. The number of morpholine rings is 1. The lowest BCUT2D eigenvalue weighted by atomic mass is 10.1. The molecule has 1 aliphatic heterocycles. The van der Waals surface area contributed by atoms with Crippen molar-refractivity contribution < 1.29 is 4.74 Å². The molecule has 3 nitrogen and oxygen atoms in total. The Morgan fingerprint density at radius 3 is 3.12 bits per heavy atom. The van der Waals surface area contributed by atoms with Crippen LogP contribution in [0.2, 0.25) is 0 Å². The van der Waals surface area contributed by atoms with Crippen molar-refractivity contribution in [1.82, 2.24) is 4.90 Å². The maximum atomic E-state index is 5.90. The van der Waals surface area contributed by atoms with Crippen LogP contribution in [0, 0.1) is 0 Å². The van der Waals surface area contributed by atoms with Gasteiger partial charge in [-0.1, -0.05) is 0 Å². The standard InChI is InChI=1S/C11H17BrN2OS/c1-8-6-14(2-3-15-8)10(5-13)11-4-9(12)7-16-11/h4,7-8,10H,2-3,5-6,13H2,1H3. The molecule has 0 spiro atoms. The van der Waals surface area contributed by atoms with E-state index in [9.17, 15) is 0 Å². The van der Waals surface area contributed by atoms with Crippen LogP contribution in [0.5, 0.6) is 0 Å². The molecule has 2 N–H and O–H groups in total. The highest BCUT2D eigenvalue weighted by molar-refractivity contribution is 9.10. The Morgan fingerprint density at radius 1 is 1.75 bits per heavy atom. The molecular formula is C11H17BrN2OS. The molecule has 1 aromatic rings. The highest BCUT2D eigenvalue weighted by atomic mass is 79.9. The van der Waals surface area contributed by atoms with E-state index in [0.717, 1.165) is 24.2 Å². The van der Waals surface area contributed by atoms with Gasteiger partial charge in [0.2, 0.25) is 0 Å². The Labute approximate surface area is 109 Å². The predicted octanol–water partition coefficient (Wildman–Crippen LogP) is 2.23. The lowest BCUT2D eigenvalue weighted by Gasteiger charge is -2.36. The summed E-state index contributed by atoms with van der Waals surface area (Å²) in [6, 6.07) is 2.50. The van der Waals surface area contributed by atoms with E-state index in [4.69, 9.17) is 10.5 Å². The minimum atomic E-state index is 0.311. The van der Waals surface area contributed by atoms with Crippen molar-refractivity contribution in [3.8, 4) is 0 Å². The second-order valence-electron chi connectivity index (χ2n) is 4.10. The van der Waals surface area contributed by atoms with Crippen LogP contribution in [-0.2, 0) is 4.74 Å². The molecule has 2 atom stereocenters. The van der Waals surface area contributed by atoms with Crippen molar-refractivity contribution in [2.75, 3.05) is 26.2 Å². The largest absolute Gasteiger partial charge is 0.376 e. The molecule has 2 rings (SSSR count). The zero-order valence-corrected chi connectivity index (χ0v) is 11.8. The highest BCUT2D eigenvalue weighted by Crippen LogP contribution is 2.29. The van der Waals surface area contributed by atoms with Crippen LogP contribution >= 0.6 is 27.3 Å². The molecule has 0 amide bonds.